The minimum atomic E-state index is -0.405. The summed E-state index contributed by atoms with van der Waals surface area (Å²) >= 11 is 0. The van der Waals surface area contributed by atoms with E-state index in [-0.39, 0.29) is 33.0 Å². The molecule has 0 spiro atoms. The average molecular weight is 469 g/mol. The van der Waals surface area contributed by atoms with E-state index in [4.69, 9.17) is 4.74 Å². The molecule has 0 amide bonds. The summed E-state index contributed by atoms with van der Waals surface area (Å²) in [5, 5.41) is 0. The van der Waals surface area contributed by atoms with Gasteiger partial charge in [-0.15, -0.1) is 0 Å². The van der Waals surface area contributed by atoms with E-state index in [1.54, 1.807) is 7.11 Å². The van der Waals surface area contributed by atoms with E-state index in [1.165, 1.54) is 24.8 Å². The topological polar surface area (TPSA) is 43.4 Å². The lowest BCUT2D eigenvalue weighted by Crippen LogP contribution is -2.65. The first kappa shape index (κ1) is 24.6. The fraction of sp³-hybridized carbons (Fsp3) is 0.871. The molecular formula is C31H48O3. The summed E-state index contributed by atoms with van der Waals surface area (Å²) in [6.45, 7) is 16.9. The van der Waals surface area contributed by atoms with Gasteiger partial charge < -0.3 is 4.74 Å². The number of carbonyl (C=O) groups excluding carboxylic acids is 2. The van der Waals surface area contributed by atoms with Gasteiger partial charge in [0, 0.05) is 11.8 Å². The smallest absolute Gasteiger partial charge is 0.315 e. The van der Waals surface area contributed by atoms with Gasteiger partial charge in [0.15, 0.2) is 0 Å². The van der Waals surface area contributed by atoms with Crippen molar-refractivity contribution in [1.29, 1.82) is 0 Å². The van der Waals surface area contributed by atoms with Crippen molar-refractivity contribution >= 4 is 11.8 Å². The molecule has 0 aromatic carbocycles. The first-order chi connectivity index (χ1) is 15.7. The van der Waals surface area contributed by atoms with E-state index < -0.39 is 5.41 Å². The highest BCUT2D eigenvalue weighted by Crippen LogP contribution is 2.76. The molecule has 7 atom stereocenters. The highest BCUT2D eigenvalue weighted by molar-refractivity contribution is 5.85. The van der Waals surface area contributed by atoms with Crippen LogP contribution in [0.25, 0.3) is 0 Å². The predicted molar refractivity (Wildman–Crippen MR) is 136 cm³/mol. The third-order valence-corrected chi connectivity index (χ3v) is 12.9. The van der Waals surface area contributed by atoms with Crippen molar-refractivity contribution in [1.82, 2.24) is 0 Å². The van der Waals surface area contributed by atoms with Gasteiger partial charge in [-0.2, -0.15) is 0 Å². The summed E-state index contributed by atoms with van der Waals surface area (Å²) in [5.41, 5.74) is 1.62. The minimum absolute atomic E-state index is 0.00629. The van der Waals surface area contributed by atoms with E-state index in [1.807, 2.05) is 0 Å². The Morgan fingerprint density at radius 3 is 2.18 bits per heavy atom. The zero-order valence-corrected chi connectivity index (χ0v) is 23.1. The fourth-order valence-corrected chi connectivity index (χ4v) is 10.7. The van der Waals surface area contributed by atoms with Crippen molar-refractivity contribution in [2.24, 2.45) is 50.2 Å². The lowest BCUT2D eigenvalue weighted by molar-refractivity contribution is -0.213. The Morgan fingerprint density at radius 2 is 1.50 bits per heavy atom. The van der Waals surface area contributed by atoms with E-state index >= 15 is 0 Å². The van der Waals surface area contributed by atoms with Gasteiger partial charge in [0.05, 0.1) is 12.5 Å². The van der Waals surface area contributed by atoms with Crippen LogP contribution in [0.5, 0.6) is 0 Å². The molecule has 0 radical (unpaired) electrons. The van der Waals surface area contributed by atoms with Crippen LogP contribution < -0.4 is 0 Å². The third-order valence-electron chi connectivity index (χ3n) is 12.9. The molecule has 3 heteroatoms. The number of methoxy groups -OCH3 is 1. The van der Waals surface area contributed by atoms with Crippen LogP contribution >= 0.6 is 0 Å². The lowest BCUT2D eigenvalue weighted by Gasteiger charge is -2.71. The summed E-state index contributed by atoms with van der Waals surface area (Å²) in [7, 11) is 1.58. The van der Waals surface area contributed by atoms with Crippen molar-refractivity contribution in [3.05, 3.63) is 11.6 Å². The molecule has 0 aromatic heterocycles. The van der Waals surface area contributed by atoms with Gasteiger partial charge in [-0.25, -0.2) is 0 Å². The number of hydrogen-bond donors (Lipinski definition) is 0. The molecule has 4 fully saturated rings. The molecule has 4 saturated carbocycles. The van der Waals surface area contributed by atoms with Gasteiger partial charge in [-0.3, -0.25) is 9.59 Å². The number of carbonyl (C=O) groups is 2. The first-order valence-corrected chi connectivity index (χ1v) is 14.0. The Hall–Kier alpha value is -1.12. The molecule has 3 nitrogen and oxygen atoms in total. The molecule has 5 aliphatic carbocycles. The van der Waals surface area contributed by atoms with Gasteiger partial charge in [-0.05, 0) is 97.2 Å². The van der Waals surface area contributed by atoms with Crippen molar-refractivity contribution in [2.75, 3.05) is 7.11 Å². The fourth-order valence-electron chi connectivity index (χ4n) is 10.7. The Bertz CT molecular complexity index is 942. The number of fused-ring (bicyclic) bond motifs is 7. The number of ether oxygens (including phenoxy) is 1. The molecule has 0 N–H and O–H groups in total. The highest BCUT2D eigenvalue weighted by Gasteiger charge is 2.69. The SMILES string of the molecule is COC(=O)[C@]12CCC(C)(C)C=C1[C@H]1CC[C@@H]3[C@@]4(C)CCC(=O)C(C)(C)[C@@H]4CC[C@@]3(C)[C@]1(C)CC2. The summed E-state index contributed by atoms with van der Waals surface area (Å²) in [4.78, 5) is 26.3. The monoisotopic (exact) mass is 468 g/mol. The van der Waals surface area contributed by atoms with Gasteiger partial charge in [0.1, 0.15) is 5.78 Å². The maximum atomic E-state index is 13.3. The molecule has 0 heterocycles. The van der Waals surface area contributed by atoms with E-state index in [9.17, 15) is 9.59 Å². The largest absolute Gasteiger partial charge is 0.468 e. The van der Waals surface area contributed by atoms with Crippen molar-refractivity contribution < 1.29 is 14.3 Å². The number of ketones is 1. The van der Waals surface area contributed by atoms with Crippen LogP contribution in [0.3, 0.4) is 0 Å². The van der Waals surface area contributed by atoms with Crippen LogP contribution in [0.1, 0.15) is 113 Å². The summed E-state index contributed by atoms with van der Waals surface area (Å²) < 4.78 is 5.47. The predicted octanol–water partition coefficient (Wildman–Crippen LogP) is 7.53. The van der Waals surface area contributed by atoms with E-state index in [0.717, 1.165) is 44.9 Å². The maximum absolute atomic E-state index is 13.3. The summed E-state index contributed by atoms with van der Waals surface area (Å²) in [6, 6.07) is 0. The number of rotatable bonds is 1. The van der Waals surface area contributed by atoms with E-state index in [0.29, 0.717) is 23.5 Å². The maximum Gasteiger partial charge on any atom is 0.315 e. The Morgan fingerprint density at radius 1 is 0.824 bits per heavy atom. The Labute approximate surface area is 207 Å². The van der Waals surface area contributed by atoms with Crippen LogP contribution in [-0.2, 0) is 14.3 Å². The molecule has 0 unspecified atom stereocenters. The van der Waals surface area contributed by atoms with Gasteiger partial charge in [0.25, 0.3) is 0 Å². The molecule has 5 aliphatic rings. The molecule has 0 saturated heterocycles. The summed E-state index contributed by atoms with van der Waals surface area (Å²) in [6.07, 6.45) is 13.1. The zero-order chi connectivity index (χ0) is 24.9. The van der Waals surface area contributed by atoms with Crippen molar-refractivity contribution in [3.8, 4) is 0 Å². The molecule has 0 aliphatic heterocycles. The lowest BCUT2D eigenvalue weighted by atomic mass is 9.32. The van der Waals surface area contributed by atoms with Crippen LogP contribution in [0, 0.1) is 50.2 Å². The number of hydrogen-bond acceptors (Lipinski definition) is 3. The zero-order valence-electron chi connectivity index (χ0n) is 23.1. The minimum Gasteiger partial charge on any atom is -0.468 e. The second-order valence-electron chi connectivity index (χ2n) is 14.9. The molecular weight excluding hydrogens is 420 g/mol. The first-order valence-electron chi connectivity index (χ1n) is 14.0. The van der Waals surface area contributed by atoms with Crippen molar-refractivity contribution in [3.63, 3.8) is 0 Å². The van der Waals surface area contributed by atoms with Crippen LogP contribution in [0.4, 0.5) is 0 Å². The quantitative estimate of drug-likeness (QED) is 0.295. The third kappa shape index (κ3) is 2.88. The van der Waals surface area contributed by atoms with Crippen LogP contribution in [0.2, 0.25) is 0 Å². The Balaban J connectivity index is 1.59. The van der Waals surface area contributed by atoms with Crippen LogP contribution in [0.15, 0.2) is 11.6 Å². The van der Waals surface area contributed by atoms with Gasteiger partial charge >= 0.3 is 5.97 Å². The van der Waals surface area contributed by atoms with Gasteiger partial charge in [0.2, 0.25) is 0 Å². The van der Waals surface area contributed by atoms with E-state index in [2.05, 4.69) is 54.5 Å². The normalized spacial score (nSPS) is 49.0. The van der Waals surface area contributed by atoms with Crippen molar-refractivity contribution in [2.45, 2.75) is 113 Å². The number of Topliss-reactive ketones (excluding diaryl/α,β-unsaturated/α-hetero) is 1. The van der Waals surface area contributed by atoms with Crippen LogP contribution in [-0.4, -0.2) is 18.9 Å². The highest BCUT2D eigenvalue weighted by atomic mass is 16.5. The molecule has 5 rings (SSSR count). The number of allylic oxidation sites excluding steroid dienone is 1. The molecule has 34 heavy (non-hydrogen) atoms. The summed E-state index contributed by atoms with van der Waals surface area (Å²) in [5.74, 6) is 2.08. The molecule has 0 bridgehead atoms. The standard InChI is InChI=1S/C31H48O3/c1-26(2)15-17-31(25(33)34-8)18-16-29(6)20(21(31)19-26)9-10-23-28(5)13-12-24(32)27(3,4)22(28)11-14-30(23,29)7/h19-20,22-23H,9-18H2,1-8H3/t20-,22+,23-,28+,29-,30-,31+/m1/s1. The van der Waals surface area contributed by atoms with Gasteiger partial charge in [-0.1, -0.05) is 60.1 Å². The Kier molecular flexibility index (Phi) is 5.22. The second-order valence-corrected chi connectivity index (χ2v) is 14.9. The second kappa shape index (κ2) is 7.22. The molecule has 190 valence electrons. The molecule has 0 aromatic rings. The number of esters is 1. The average Bonchev–Trinajstić information content (AvgIpc) is 2.76.